The van der Waals surface area contributed by atoms with Crippen molar-refractivity contribution in [2.24, 2.45) is 0 Å². The fraction of sp³-hybridized carbons (Fsp3) is 0. The Morgan fingerprint density at radius 3 is 1.83 bits per heavy atom. The highest BCUT2D eigenvalue weighted by Gasteiger charge is 2.20. The number of benzene rings is 9. The maximum atomic E-state index is 6.61. The van der Waals surface area contributed by atoms with Gasteiger partial charge in [-0.2, -0.15) is 0 Å². The van der Waals surface area contributed by atoms with E-state index in [4.69, 9.17) is 18.2 Å². The van der Waals surface area contributed by atoms with Crippen LogP contribution in [0.4, 0.5) is 17.1 Å². The van der Waals surface area contributed by atoms with Gasteiger partial charge in [-0.15, -0.1) is 0 Å². The highest BCUT2D eigenvalue weighted by molar-refractivity contribution is 6.18. The van der Waals surface area contributed by atoms with Crippen LogP contribution in [-0.2, 0) is 0 Å². The average Bonchev–Trinajstić information content (AvgIpc) is 4.00. The van der Waals surface area contributed by atoms with Gasteiger partial charge in [0.25, 0.3) is 0 Å². The second-order valence-corrected chi connectivity index (χ2v) is 14.7. The monoisotopic (exact) mass is 744 g/mol. The van der Waals surface area contributed by atoms with E-state index in [2.05, 4.69) is 144 Å². The van der Waals surface area contributed by atoms with Crippen molar-refractivity contribution < 1.29 is 13.3 Å². The van der Waals surface area contributed by atoms with Crippen molar-refractivity contribution in [3.05, 3.63) is 194 Å². The van der Waals surface area contributed by atoms with E-state index in [1.54, 1.807) is 0 Å². The molecule has 272 valence electrons. The Morgan fingerprint density at radius 1 is 0.362 bits per heavy atom. The van der Waals surface area contributed by atoms with Crippen LogP contribution in [0.3, 0.4) is 0 Å². The van der Waals surface area contributed by atoms with Gasteiger partial charge in [0.1, 0.15) is 27.8 Å². The predicted octanol–water partition coefficient (Wildman–Crippen LogP) is 15.3. The molecule has 9 aromatic carbocycles. The Morgan fingerprint density at radius 2 is 1.00 bits per heavy atom. The van der Waals surface area contributed by atoms with Gasteiger partial charge in [-0.1, -0.05) is 121 Å². The van der Waals surface area contributed by atoms with Crippen molar-refractivity contribution in [3.63, 3.8) is 0 Å². The Balaban J connectivity index is 0.964. The molecule has 0 aliphatic heterocycles. The van der Waals surface area contributed by atoms with E-state index in [1.165, 1.54) is 21.9 Å². The van der Waals surface area contributed by atoms with Crippen LogP contribution < -0.4 is 4.90 Å². The summed E-state index contributed by atoms with van der Waals surface area (Å²) in [7, 11) is 0. The standard InChI is InChI=1S/C53H32N2O3/c1-2-11-36(12-3-1)53-54-46-30-31-48-50(52(46)58-53)45-18-9-17-42(51(45)57-48)35-22-26-38(27-23-35)55(39-28-29-44-43-15-6-7-19-47(43)56-49(44)32-39)37-24-20-34(21-25-37)41-16-8-13-33-10-4-5-14-40(33)41/h1-32H. The molecule has 0 bridgehead atoms. The normalized spacial score (nSPS) is 11.8. The van der Waals surface area contributed by atoms with E-state index in [0.717, 1.165) is 88.7 Å². The van der Waals surface area contributed by atoms with Crippen LogP contribution in [0.15, 0.2) is 207 Å². The zero-order chi connectivity index (χ0) is 38.2. The minimum Gasteiger partial charge on any atom is -0.456 e. The molecule has 12 aromatic rings. The quantitative estimate of drug-likeness (QED) is 0.170. The van der Waals surface area contributed by atoms with Gasteiger partial charge in [-0.25, -0.2) is 4.98 Å². The van der Waals surface area contributed by atoms with E-state index >= 15 is 0 Å². The first-order valence-electron chi connectivity index (χ1n) is 19.4. The number of aromatic nitrogens is 1. The summed E-state index contributed by atoms with van der Waals surface area (Å²) in [5, 5.41) is 6.59. The minimum atomic E-state index is 0.594. The number of nitrogens with zero attached hydrogens (tertiary/aromatic N) is 2. The van der Waals surface area contributed by atoms with Crippen LogP contribution in [0.25, 0.3) is 99.5 Å². The molecule has 5 nitrogen and oxygen atoms in total. The van der Waals surface area contributed by atoms with Crippen LogP contribution in [0.2, 0.25) is 0 Å². The summed E-state index contributed by atoms with van der Waals surface area (Å²) < 4.78 is 19.4. The zero-order valence-electron chi connectivity index (χ0n) is 31.1. The van der Waals surface area contributed by atoms with E-state index in [9.17, 15) is 0 Å². The first-order chi connectivity index (χ1) is 28.7. The van der Waals surface area contributed by atoms with Gasteiger partial charge in [-0.05, 0) is 94.2 Å². The van der Waals surface area contributed by atoms with E-state index in [1.807, 2.05) is 54.6 Å². The smallest absolute Gasteiger partial charge is 0.227 e. The van der Waals surface area contributed by atoms with Gasteiger partial charge in [-0.3, -0.25) is 0 Å². The molecule has 0 saturated carbocycles. The largest absolute Gasteiger partial charge is 0.456 e. The number of oxazole rings is 1. The number of hydrogen-bond donors (Lipinski definition) is 0. The van der Waals surface area contributed by atoms with Crippen molar-refractivity contribution in [1.82, 2.24) is 4.98 Å². The van der Waals surface area contributed by atoms with Crippen molar-refractivity contribution in [2.45, 2.75) is 0 Å². The zero-order valence-corrected chi connectivity index (χ0v) is 31.1. The maximum Gasteiger partial charge on any atom is 0.227 e. The fourth-order valence-corrected chi connectivity index (χ4v) is 8.56. The van der Waals surface area contributed by atoms with Gasteiger partial charge in [0.2, 0.25) is 5.89 Å². The predicted molar refractivity (Wildman–Crippen MR) is 237 cm³/mol. The second-order valence-electron chi connectivity index (χ2n) is 14.7. The molecule has 0 N–H and O–H groups in total. The van der Waals surface area contributed by atoms with Crippen LogP contribution in [0, 0.1) is 0 Å². The molecule has 0 fully saturated rings. The van der Waals surface area contributed by atoms with Crippen LogP contribution in [-0.4, -0.2) is 4.98 Å². The Hall–Kier alpha value is -7.89. The molecule has 12 rings (SSSR count). The summed E-state index contributed by atoms with van der Waals surface area (Å²) in [5.74, 6) is 0.594. The topological polar surface area (TPSA) is 55.6 Å². The molecule has 0 unspecified atom stereocenters. The summed E-state index contributed by atoms with van der Waals surface area (Å²) in [4.78, 5) is 7.10. The summed E-state index contributed by atoms with van der Waals surface area (Å²) in [6.07, 6.45) is 0. The molecule has 0 radical (unpaired) electrons. The lowest BCUT2D eigenvalue weighted by Crippen LogP contribution is -2.09. The molecule has 0 aliphatic carbocycles. The number of anilines is 3. The van der Waals surface area contributed by atoms with Gasteiger partial charge >= 0.3 is 0 Å². The van der Waals surface area contributed by atoms with Crippen molar-refractivity contribution in [2.75, 3.05) is 4.90 Å². The Kier molecular flexibility index (Phi) is 7.16. The average molecular weight is 745 g/mol. The third-order valence-electron chi connectivity index (χ3n) is 11.3. The number of furan rings is 2. The molecular weight excluding hydrogens is 713 g/mol. The van der Waals surface area contributed by atoms with Crippen LogP contribution >= 0.6 is 0 Å². The molecule has 0 atom stereocenters. The van der Waals surface area contributed by atoms with Crippen molar-refractivity contribution in [1.29, 1.82) is 0 Å². The number of para-hydroxylation sites is 2. The summed E-state index contributed by atoms with van der Waals surface area (Å²) >= 11 is 0. The van der Waals surface area contributed by atoms with Gasteiger partial charge in [0.05, 0.1) is 5.39 Å². The lowest BCUT2D eigenvalue weighted by Gasteiger charge is -2.26. The summed E-state index contributed by atoms with van der Waals surface area (Å²) in [5.41, 5.74) is 13.3. The van der Waals surface area contributed by atoms with Crippen molar-refractivity contribution >= 4 is 82.8 Å². The van der Waals surface area contributed by atoms with Gasteiger partial charge in [0.15, 0.2) is 5.58 Å². The lowest BCUT2D eigenvalue weighted by molar-refractivity contribution is 0.622. The van der Waals surface area contributed by atoms with E-state index in [-0.39, 0.29) is 0 Å². The first kappa shape index (κ1) is 32.4. The first-order valence-corrected chi connectivity index (χ1v) is 19.4. The SMILES string of the molecule is c1ccc(-c2nc3ccc4oc5c(-c6ccc(N(c7ccc(-c8cccc9ccccc89)cc7)c7ccc8c(c7)oc7ccccc78)cc6)cccc5c4c3o2)cc1. The molecule has 58 heavy (non-hydrogen) atoms. The number of hydrogen-bond acceptors (Lipinski definition) is 5. The molecule has 5 heteroatoms. The molecule has 0 spiro atoms. The lowest BCUT2D eigenvalue weighted by atomic mass is 9.98. The number of rotatable bonds is 6. The Bertz CT molecular complexity index is 3500. The van der Waals surface area contributed by atoms with Gasteiger partial charge < -0.3 is 18.2 Å². The van der Waals surface area contributed by atoms with Gasteiger partial charge in [0, 0.05) is 50.4 Å². The molecule has 0 saturated heterocycles. The van der Waals surface area contributed by atoms with E-state index in [0.29, 0.717) is 5.89 Å². The third-order valence-corrected chi connectivity index (χ3v) is 11.3. The molecule has 3 aromatic heterocycles. The van der Waals surface area contributed by atoms with Crippen LogP contribution in [0.5, 0.6) is 0 Å². The highest BCUT2D eigenvalue weighted by Crippen LogP contribution is 2.43. The third kappa shape index (κ3) is 5.14. The maximum absolute atomic E-state index is 6.61. The second kappa shape index (κ2) is 12.8. The molecule has 3 heterocycles. The minimum absolute atomic E-state index is 0.594. The number of fused-ring (bicyclic) bond motifs is 9. The fourth-order valence-electron chi connectivity index (χ4n) is 8.56. The van der Waals surface area contributed by atoms with Crippen molar-refractivity contribution in [3.8, 4) is 33.7 Å². The molecular formula is C53H32N2O3. The Labute approximate surface area is 332 Å². The molecule has 0 aliphatic rings. The summed E-state index contributed by atoms with van der Waals surface area (Å²) in [6.45, 7) is 0. The molecule has 0 amide bonds. The summed E-state index contributed by atoms with van der Waals surface area (Å²) in [6, 6.07) is 67.5. The highest BCUT2D eigenvalue weighted by atomic mass is 16.4. The van der Waals surface area contributed by atoms with E-state index < -0.39 is 0 Å². The van der Waals surface area contributed by atoms with Crippen LogP contribution in [0.1, 0.15) is 0 Å².